The highest BCUT2D eigenvalue weighted by Crippen LogP contribution is 2.33. The Kier molecular flexibility index (Phi) is 5.64. The standard InChI is InChI=1S/C14H28N2S/c1-3-5-12-11-16(9-8-15-12)13-6-7-14(10-13)17-4-2/h12-15H,3-11H2,1-2H3. The van der Waals surface area contributed by atoms with Gasteiger partial charge in [-0.25, -0.2) is 0 Å². The van der Waals surface area contributed by atoms with E-state index in [9.17, 15) is 0 Å². The average Bonchev–Trinajstić information content (AvgIpc) is 2.79. The molecule has 100 valence electrons. The second-order valence-corrected chi connectivity index (χ2v) is 7.06. The van der Waals surface area contributed by atoms with E-state index in [-0.39, 0.29) is 0 Å². The predicted octanol–water partition coefficient (Wildman–Crippen LogP) is 2.73. The Morgan fingerprint density at radius 3 is 2.94 bits per heavy atom. The number of thioether (sulfide) groups is 1. The molecule has 0 aromatic carbocycles. The van der Waals surface area contributed by atoms with E-state index in [1.165, 1.54) is 57.5 Å². The van der Waals surface area contributed by atoms with Gasteiger partial charge in [-0.05, 0) is 31.4 Å². The number of nitrogens with zero attached hydrogens (tertiary/aromatic N) is 1. The Labute approximate surface area is 111 Å². The van der Waals surface area contributed by atoms with Gasteiger partial charge < -0.3 is 5.32 Å². The smallest absolute Gasteiger partial charge is 0.0195 e. The third-order valence-electron chi connectivity index (χ3n) is 4.20. The zero-order chi connectivity index (χ0) is 12.1. The molecular formula is C14H28N2S. The molecule has 0 radical (unpaired) electrons. The summed E-state index contributed by atoms with van der Waals surface area (Å²) in [5, 5.41) is 4.61. The van der Waals surface area contributed by atoms with Crippen molar-refractivity contribution in [3.8, 4) is 0 Å². The molecule has 17 heavy (non-hydrogen) atoms. The maximum Gasteiger partial charge on any atom is 0.0195 e. The third-order valence-corrected chi connectivity index (χ3v) is 5.43. The molecule has 2 aliphatic rings. The van der Waals surface area contributed by atoms with Crippen LogP contribution in [-0.2, 0) is 0 Å². The van der Waals surface area contributed by atoms with E-state index in [4.69, 9.17) is 0 Å². The van der Waals surface area contributed by atoms with Crippen LogP contribution in [-0.4, -0.2) is 47.6 Å². The van der Waals surface area contributed by atoms with Gasteiger partial charge in [-0.2, -0.15) is 11.8 Å². The largest absolute Gasteiger partial charge is 0.311 e. The summed E-state index contributed by atoms with van der Waals surface area (Å²) in [4.78, 5) is 2.77. The topological polar surface area (TPSA) is 15.3 Å². The molecule has 0 bridgehead atoms. The highest BCUT2D eigenvalue weighted by Gasteiger charge is 2.31. The number of nitrogens with one attached hydrogen (secondary N) is 1. The van der Waals surface area contributed by atoms with Gasteiger partial charge in [0, 0.05) is 37.0 Å². The summed E-state index contributed by atoms with van der Waals surface area (Å²) in [7, 11) is 0. The molecule has 3 atom stereocenters. The van der Waals surface area contributed by atoms with Crippen molar-refractivity contribution in [1.82, 2.24) is 10.2 Å². The van der Waals surface area contributed by atoms with Gasteiger partial charge in [-0.1, -0.05) is 20.3 Å². The van der Waals surface area contributed by atoms with E-state index >= 15 is 0 Å². The lowest BCUT2D eigenvalue weighted by atomic mass is 10.1. The average molecular weight is 256 g/mol. The molecule has 0 spiro atoms. The van der Waals surface area contributed by atoms with Crippen LogP contribution in [0.2, 0.25) is 0 Å². The first kappa shape index (κ1) is 13.7. The SMILES string of the molecule is CCCC1CN(C2CCC(SCC)C2)CCN1. The lowest BCUT2D eigenvalue weighted by Crippen LogP contribution is -2.53. The van der Waals surface area contributed by atoms with Crippen molar-refractivity contribution in [3.05, 3.63) is 0 Å². The van der Waals surface area contributed by atoms with Crippen LogP contribution in [0.15, 0.2) is 0 Å². The first-order valence-electron chi connectivity index (χ1n) is 7.42. The highest BCUT2D eigenvalue weighted by atomic mass is 32.2. The summed E-state index contributed by atoms with van der Waals surface area (Å²) >= 11 is 2.18. The van der Waals surface area contributed by atoms with Crippen LogP contribution in [0, 0.1) is 0 Å². The molecule has 1 aliphatic carbocycles. The first-order valence-corrected chi connectivity index (χ1v) is 8.47. The molecule has 2 rings (SSSR count). The molecule has 1 heterocycles. The molecule has 2 fully saturated rings. The summed E-state index contributed by atoms with van der Waals surface area (Å²) in [6.45, 7) is 8.35. The maximum absolute atomic E-state index is 3.66. The molecule has 3 unspecified atom stereocenters. The molecule has 1 N–H and O–H groups in total. The lowest BCUT2D eigenvalue weighted by molar-refractivity contribution is 0.142. The fourth-order valence-electron chi connectivity index (χ4n) is 3.36. The van der Waals surface area contributed by atoms with Gasteiger partial charge in [-0.3, -0.25) is 4.90 Å². The normalized spacial score (nSPS) is 35.3. The summed E-state index contributed by atoms with van der Waals surface area (Å²) in [6.07, 6.45) is 6.99. The number of rotatable bonds is 5. The van der Waals surface area contributed by atoms with Crippen molar-refractivity contribution in [2.45, 2.75) is 63.3 Å². The number of piperazine rings is 1. The van der Waals surface area contributed by atoms with Crippen LogP contribution in [0.4, 0.5) is 0 Å². The fraction of sp³-hybridized carbons (Fsp3) is 1.00. The van der Waals surface area contributed by atoms with Crippen LogP contribution < -0.4 is 5.32 Å². The lowest BCUT2D eigenvalue weighted by Gasteiger charge is -2.37. The van der Waals surface area contributed by atoms with Crippen molar-refractivity contribution in [3.63, 3.8) is 0 Å². The summed E-state index contributed by atoms with van der Waals surface area (Å²) < 4.78 is 0. The van der Waals surface area contributed by atoms with E-state index < -0.39 is 0 Å². The first-order chi connectivity index (χ1) is 8.33. The van der Waals surface area contributed by atoms with Gasteiger partial charge >= 0.3 is 0 Å². The molecule has 3 heteroatoms. The van der Waals surface area contributed by atoms with Gasteiger partial charge in [0.1, 0.15) is 0 Å². The van der Waals surface area contributed by atoms with Crippen LogP contribution >= 0.6 is 11.8 Å². The number of hydrogen-bond donors (Lipinski definition) is 1. The summed E-state index contributed by atoms with van der Waals surface area (Å²) in [5.41, 5.74) is 0. The van der Waals surface area contributed by atoms with E-state index in [0.29, 0.717) is 0 Å². The van der Waals surface area contributed by atoms with E-state index in [2.05, 4.69) is 35.8 Å². The van der Waals surface area contributed by atoms with Gasteiger partial charge in [0.25, 0.3) is 0 Å². The van der Waals surface area contributed by atoms with Crippen molar-refractivity contribution >= 4 is 11.8 Å². The van der Waals surface area contributed by atoms with Crippen LogP contribution in [0.25, 0.3) is 0 Å². The van der Waals surface area contributed by atoms with Crippen LogP contribution in [0.5, 0.6) is 0 Å². The molecule has 0 aromatic rings. The van der Waals surface area contributed by atoms with Crippen molar-refractivity contribution in [2.75, 3.05) is 25.4 Å². The minimum absolute atomic E-state index is 0.756. The Morgan fingerprint density at radius 1 is 1.29 bits per heavy atom. The Hall–Kier alpha value is 0.270. The van der Waals surface area contributed by atoms with Crippen molar-refractivity contribution in [2.24, 2.45) is 0 Å². The maximum atomic E-state index is 3.66. The fourth-order valence-corrected chi connectivity index (χ4v) is 4.49. The van der Waals surface area contributed by atoms with Crippen LogP contribution in [0.1, 0.15) is 46.0 Å². The minimum atomic E-state index is 0.756. The monoisotopic (exact) mass is 256 g/mol. The second kappa shape index (κ2) is 7.01. The van der Waals surface area contributed by atoms with Gasteiger partial charge in [0.2, 0.25) is 0 Å². The molecule has 0 amide bonds. The number of hydrogen-bond acceptors (Lipinski definition) is 3. The highest BCUT2D eigenvalue weighted by molar-refractivity contribution is 7.99. The zero-order valence-electron chi connectivity index (χ0n) is 11.5. The van der Waals surface area contributed by atoms with Crippen molar-refractivity contribution < 1.29 is 0 Å². The molecule has 2 nitrogen and oxygen atoms in total. The Balaban J connectivity index is 1.78. The Bertz CT molecular complexity index is 220. The third kappa shape index (κ3) is 3.87. The van der Waals surface area contributed by atoms with Gasteiger partial charge in [-0.15, -0.1) is 0 Å². The summed E-state index contributed by atoms with van der Waals surface area (Å²) in [5.74, 6) is 1.29. The second-order valence-electron chi connectivity index (χ2n) is 5.48. The molecule has 0 aromatic heterocycles. The summed E-state index contributed by atoms with van der Waals surface area (Å²) in [6, 6.07) is 1.65. The zero-order valence-corrected chi connectivity index (χ0v) is 12.3. The van der Waals surface area contributed by atoms with E-state index in [1.807, 2.05) is 0 Å². The molecule has 1 saturated heterocycles. The van der Waals surface area contributed by atoms with Crippen LogP contribution in [0.3, 0.4) is 0 Å². The predicted molar refractivity (Wildman–Crippen MR) is 77.8 cm³/mol. The van der Waals surface area contributed by atoms with E-state index in [1.54, 1.807) is 0 Å². The Morgan fingerprint density at radius 2 is 2.18 bits per heavy atom. The van der Waals surface area contributed by atoms with Crippen molar-refractivity contribution in [1.29, 1.82) is 0 Å². The van der Waals surface area contributed by atoms with Gasteiger partial charge in [0.05, 0.1) is 0 Å². The molecule has 1 saturated carbocycles. The van der Waals surface area contributed by atoms with E-state index in [0.717, 1.165) is 17.3 Å². The molecular weight excluding hydrogens is 228 g/mol. The van der Waals surface area contributed by atoms with Gasteiger partial charge in [0.15, 0.2) is 0 Å². The quantitative estimate of drug-likeness (QED) is 0.814. The minimum Gasteiger partial charge on any atom is -0.311 e. The molecule has 1 aliphatic heterocycles.